The van der Waals surface area contributed by atoms with Crippen LogP contribution in [0.1, 0.15) is 31.7 Å². The topological polar surface area (TPSA) is 47.4 Å². The molecule has 1 aliphatic rings. The van der Waals surface area contributed by atoms with E-state index < -0.39 is 0 Å². The molecule has 1 aromatic heterocycles. The first-order valence-corrected chi connectivity index (χ1v) is 6.57. The molecule has 0 spiro atoms. The molecule has 18 heavy (non-hydrogen) atoms. The zero-order valence-electron chi connectivity index (χ0n) is 11.1. The van der Waals surface area contributed by atoms with Crippen molar-refractivity contribution >= 4 is 5.97 Å². The van der Waals surface area contributed by atoms with E-state index in [1.807, 2.05) is 17.1 Å². The van der Waals surface area contributed by atoms with Crippen LogP contribution >= 0.6 is 0 Å². The Balaban J connectivity index is 2.02. The number of ether oxygens (including phenoxy) is 1. The first kappa shape index (κ1) is 13.1. The molecule has 1 aliphatic heterocycles. The standard InChI is InChI=1S/C13H21N3O2/c1-3-16-10-11(8-14-16)9-15-7-5-4-6-12(15)13(17)18-2/h8,10,12H,3-7,9H2,1-2H3/t12-/m1/s1. The van der Waals surface area contributed by atoms with Gasteiger partial charge in [-0.3, -0.25) is 14.4 Å². The molecule has 0 unspecified atom stereocenters. The molecule has 0 aliphatic carbocycles. The average molecular weight is 251 g/mol. The maximum Gasteiger partial charge on any atom is 0.323 e. The summed E-state index contributed by atoms with van der Waals surface area (Å²) in [7, 11) is 1.46. The summed E-state index contributed by atoms with van der Waals surface area (Å²) in [5.74, 6) is -0.113. The predicted octanol–water partition coefficient (Wildman–Crippen LogP) is 1.43. The fourth-order valence-electron chi connectivity index (χ4n) is 2.48. The third-order valence-corrected chi connectivity index (χ3v) is 3.48. The van der Waals surface area contributed by atoms with Crippen molar-refractivity contribution in [3.63, 3.8) is 0 Å². The molecule has 0 radical (unpaired) electrons. The average Bonchev–Trinajstić information content (AvgIpc) is 2.86. The minimum Gasteiger partial charge on any atom is -0.468 e. The van der Waals surface area contributed by atoms with Crippen molar-refractivity contribution in [2.45, 2.75) is 45.3 Å². The first-order chi connectivity index (χ1) is 8.74. The molecule has 1 aromatic rings. The van der Waals surface area contributed by atoms with Crippen molar-refractivity contribution in [3.05, 3.63) is 18.0 Å². The molecule has 2 rings (SSSR count). The fourth-order valence-corrected chi connectivity index (χ4v) is 2.48. The zero-order valence-corrected chi connectivity index (χ0v) is 11.1. The Morgan fingerprint density at radius 2 is 2.39 bits per heavy atom. The summed E-state index contributed by atoms with van der Waals surface area (Å²) in [5, 5.41) is 4.26. The van der Waals surface area contributed by atoms with Gasteiger partial charge in [0.05, 0.1) is 13.3 Å². The van der Waals surface area contributed by atoms with Crippen LogP contribution in [0, 0.1) is 0 Å². The summed E-state index contributed by atoms with van der Waals surface area (Å²) in [5.41, 5.74) is 1.16. The lowest BCUT2D eigenvalue weighted by atomic mass is 10.0. The van der Waals surface area contributed by atoms with Gasteiger partial charge >= 0.3 is 5.97 Å². The monoisotopic (exact) mass is 251 g/mol. The lowest BCUT2D eigenvalue weighted by molar-refractivity contribution is -0.148. The zero-order chi connectivity index (χ0) is 13.0. The van der Waals surface area contributed by atoms with Gasteiger partial charge in [-0.05, 0) is 26.3 Å². The van der Waals surface area contributed by atoms with E-state index in [1.54, 1.807) is 0 Å². The van der Waals surface area contributed by atoms with E-state index in [-0.39, 0.29) is 12.0 Å². The minimum atomic E-state index is -0.113. The summed E-state index contributed by atoms with van der Waals surface area (Å²) in [6, 6.07) is -0.0891. The molecule has 1 fully saturated rings. The second kappa shape index (κ2) is 6.00. The fraction of sp³-hybridized carbons (Fsp3) is 0.692. The smallest absolute Gasteiger partial charge is 0.323 e. The van der Waals surface area contributed by atoms with Gasteiger partial charge in [0.25, 0.3) is 0 Å². The summed E-state index contributed by atoms with van der Waals surface area (Å²) >= 11 is 0. The molecule has 0 saturated carbocycles. The number of hydrogen-bond donors (Lipinski definition) is 0. The van der Waals surface area contributed by atoms with Crippen molar-refractivity contribution in [3.8, 4) is 0 Å². The minimum absolute atomic E-state index is 0.0891. The van der Waals surface area contributed by atoms with Gasteiger partial charge in [-0.25, -0.2) is 0 Å². The second-order valence-electron chi connectivity index (χ2n) is 4.71. The van der Waals surface area contributed by atoms with Gasteiger partial charge < -0.3 is 4.74 Å². The number of methoxy groups -OCH3 is 1. The van der Waals surface area contributed by atoms with Crippen LogP contribution in [0.2, 0.25) is 0 Å². The van der Waals surface area contributed by atoms with E-state index in [2.05, 4.69) is 16.9 Å². The Bertz CT molecular complexity index is 403. The second-order valence-corrected chi connectivity index (χ2v) is 4.71. The quantitative estimate of drug-likeness (QED) is 0.760. The van der Waals surface area contributed by atoms with E-state index >= 15 is 0 Å². The molecule has 1 atom stereocenters. The Labute approximate surface area is 108 Å². The number of aromatic nitrogens is 2. The summed E-state index contributed by atoms with van der Waals surface area (Å²) in [6.07, 6.45) is 7.07. The molecule has 2 heterocycles. The van der Waals surface area contributed by atoms with E-state index in [9.17, 15) is 4.79 Å². The number of aryl methyl sites for hydroxylation is 1. The lowest BCUT2D eigenvalue weighted by Gasteiger charge is -2.33. The van der Waals surface area contributed by atoms with Gasteiger partial charge in [0.15, 0.2) is 0 Å². The summed E-state index contributed by atoms with van der Waals surface area (Å²) < 4.78 is 6.79. The number of rotatable bonds is 4. The third-order valence-electron chi connectivity index (χ3n) is 3.48. The van der Waals surface area contributed by atoms with Gasteiger partial charge in [-0.2, -0.15) is 5.10 Å². The number of carbonyl (C=O) groups is 1. The summed E-state index contributed by atoms with van der Waals surface area (Å²) in [4.78, 5) is 13.9. The maximum atomic E-state index is 11.7. The molecule has 5 nitrogen and oxygen atoms in total. The molecule has 0 N–H and O–H groups in total. The summed E-state index contributed by atoms with van der Waals surface area (Å²) in [6.45, 7) is 4.67. The van der Waals surface area contributed by atoms with Crippen molar-refractivity contribution in [1.29, 1.82) is 0 Å². The van der Waals surface area contributed by atoms with Crippen molar-refractivity contribution in [1.82, 2.24) is 14.7 Å². The van der Waals surface area contributed by atoms with Crippen LogP contribution in [0.15, 0.2) is 12.4 Å². The van der Waals surface area contributed by atoms with Crippen LogP contribution in [-0.4, -0.2) is 40.3 Å². The SMILES string of the molecule is CCn1cc(CN2CCCC[C@@H]2C(=O)OC)cn1. The normalized spacial score (nSPS) is 20.9. The van der Waals surface area contributed by atoms with Crippen LogP contribution in [0.5, 0.6) is 0 Å². The van der Waals surface area contributed by atoms with Crippen LogP contribution in [0.3, 0.4) is 0 Å². The van der Waals surface area contributed by atoms with Crippen molar-refractivity contribution < 1.29 is 9.53 Å². The molecule has 0 amide bonds. The number of esters is 1. The number of carbonyl (C=O) groups excluding carboxylic acids is 1. The number of likely N-dealkylation sites (tertiary alicyclic amines) is 1. The first-order valence-electron chi connectivity index (χ1n) is 6.57. The molecule has 5 heteroatoms. The Morgan fingerprint density at radius 1 is 1.56 bits per heavy atom. The van der Waals surface area contributed by atoms with Gasteiger partial charge in [0.1, 0.15) is 6.04 Å². The highest BCUT2D eigenvalue weighted by atomic mass is 16.5. The van der Waals surface area contributed by atoms with Gasteiger partial charge in [0.2, 0.25) is 0 Å². The molecule has 0 bridgehead atoms. The van der Waals surface area contributed by atoms with Gasteiger partial charge in [0, 0.05) is 24.8 Å². The maximum absolute atomic E-state index is 11.7. The highest BCUT2D eigenvalue weighted by Crippen LogP contribution is 2.20. The molecular formula is C13H21N3O2. The Hall–Kier alpha value is -1.36. The van der Waals surface area contributed by atoms with E-state index in [4.69, 9.17) is 4.74 Å². The predicted molar refractivity (Wildman–Crippen MR) is 68.0 cm³/mol. The molecule has 100 valence electrons. The van der Waals surface area contributed by atoms with Crippen LogP contribution in [0.25, 0.3) is 0 Å². The molecular weight excluding hydrogens is 230 g/mol. The van der Waals surface area contributed by atoms with Gasteiger partial charge in [-0.15, -0.1) is 0 Å². The molecule has 1 saturated heterocycles. The third kappa shape index (κ3) is 2.90. The number of piperidine rings is 1. The van der Waals surface area contributed by atoms with E-state index in [1.165, 1.54) is 7.11 Å². The largest absolute Gasteiger partial charge is 0.468 e. The van der Waals surface area contributed by atoms with Crippen LogP contribution < -0.4 is 0 Å². The van der Waals surface area contributed by atoms with Crippen LogP contribution in [0.4, 0.5) is 0 Å². The van der Waals surface area contributed by atoms with E-state index in [0.717, 1.165) is 44.5 Å². The van der Waals surface area contributed by atoms with Gasteiger partial charge in [-0.1, -0.05) is 6.42 Å². The highest BCUT2D eigenvalue weighted by molar-refractivity contribution is 5.75. The van der Waals surface area contributed by atoms with Crippen molar-refractivity contribution in [2.75, 3.05) is 13.7 Å². The number of hydrogen-bond acceptors (Lipinski definition) is 4. The Kier molecular flexibility index (Phi) is 4.36. The van der Waals surface area contributed by atoms with Crippen molar-refractivity contribution in [2.24, 2.45) is 0 Å². The molecule has 0 aromatic carbocycles. The lowest BCUT2D eigenvalue weighted by Crippen LogP contribution is -2.44. The number of nitrogens with zero attached hydrogens (tertiary/aromatic N) is 3. The highest BCUT2D eigenvalue weighted by Gasteiger charge is 2.29. The van der Waals surface area contributed by atoms with Crippen LogP contribution in [-0.2, 0) is 22.6 Å². The van der Waals surface area contributed by atoms with E-state index in [0.29, 0.717) is 0 Å². The Morgan fingerprint density at radius 3 is 3.06 bits per heavy atom.